The fraction of sp³-hybridized carbons (Fsp3) is 0.533. The monoisotopic (exact) mass is 262 g/mol. The van der Waals surface area contributed by atoms with Crippen LogP contribution in [0.5, 0.6) is 0 Å². The van der Waals surface area contributed by atoms with E-state index >= 15 is 0 Å². The number of rotatable bonds is 5. The van der Waals surface area contributed by atoms with Gasteiger partial charge in [-0.2, -0.15) is 0 Å². The van der Waals surface area contributed by atoms with Gasteiger partial charge in [0.15, 0.2) is 0 Å². The highest BCUT2D eigenvalue weighted by atomic mass is 16.5. The lowest BCUT2D eigenvalue weighted by atomic mass is 10.1. The zero-order valence-corrected chi connectivity index (χ0v) is 11.6. The molecule has 0 radical (unpaired) electrons. The van der Waals surface area contributed by atoms with E-state index < -0.39 is 0 Å². The molecule has 4 nitrogen and oxygen atoms in total. The SMILES string of the molecule is Cc1ccccc1NC(=O)CNC(C)C1CCCO1. The second kappa shape index (κ2) is 6.68. The van der Waals surface area contributed by atoms with Crippen molar-refractivity contribution in [3.8, 4) is 0 Å². The first kappa shape index (κ1) is 14.0. The first-order valence-corrected chi connectivity index (χ1v) is 6.87. The molecule has 0 aliphatic carbocycles. The summed E-state index contributed by atoms with van der Waals surface area (Å²) in [6.45, 7) is 5.20. The third-order valence-corrected chi connectivity index (χ3v) is 3.53. The molecule has 1 aromatic rings. The molecule has 2 atom stereocenters. The minimum atomic E-state index is -0.0147. The van der Waals surface area contributed by atoms with E-state index in [1.807, 2.05) is 31.2 Å². The summed E-state index contributed by atoms with van der Waals surface area (Å²) < 4.78 is 5.59. The van der Waals surface area contributed by atoms with Crippen molar-refractivity contribution in [2.24, 2.45) is 0 Å². The van der Waals surface area contributed by atoms with Crippen molar-refractivity contribution < 1.29 is 9.53 Å². The van der Waals surface area contributed by atoms with Crippen LogP contribution < -0.4 is 10.6 Å². The Bertz CT molecular complexity index is 428. The Hall–Kier alpha value is -1.39. The molecule has 4 heteroatoms. The second-order valence-electron chi connectivity index (χ2n) is 5.08. The van der Waals surface area contributed by atoms with Gasteiger partial charge in [0.25, 0.3) is 0 Å². The molecule has 1 fully saturated rings. The number of para-hydroxylation sites is 1. The molecule has 0 spiro atoms. The summed E-state index contributed by atoms with van der Waals surface area (Å²) >= 11 is 0. The molecule has 104 valence electrons. The summed E-state index contributed by atoms with van der Waals surface area (Å²) in [5.74, 6) is -0.0147. The Morgan fingerprint density at radius 3 is 2.95 bits per heavy atom. The third kappa shape index (κ3) is 4.04. The van der Waals surface area contributed by atoms with Crippen molar-refractivity contribution in [2.45, 2.75) is 38.8 Å². The van der Waals surface area contributed by atoms with E-state index in [0.29, 0.717) is 6.54 Å². The second-order valence-corrected chi connectivity index (χ2v) is 5.08. The van der Waals surface area contributed by atoms with Gasteiger partial charge in [-0.3, -0.25) is 4.79 Å². The van der Waals surface area contributed by atoms with Crippen molar-refractivity contribution in [3.05, 3.63) is 29.8 Å². The Morgan fingerprint density at radius 1 is 1.47 bits per heavy atom. The molecule has 1 heterocycles. The average Bonchev–Trinajstić information content (AvgIpc) is 2.93. The van der Waals surface area contributed by atoms with Gasteiger partial charge in [-0.25, -0.2) is 0 Å². The number of nitrogens with one attached hydrogen (secondary N) is 2. The molecule has 19 heavy (non-hydrogen) atoms. The van der Waals surface area contributed by atoms with E-state index in [4.69, 9.17) is 4.74 Å². The maximum absolute atomic E-state index is 11.9. The normalized spacial score (nSPS) is 20.2. The number of hydrogen-bond donors (Lipinski definition) is 2. The highest BCUT2D eigenvalue weighted by molar-refractivity contribution is 5.92. The van der Waals surface area contributed by atoms with Crippen LogP contribution in [0, 0.1) is 6.92 Å². The highest BCUT2D eigenvalue weighted by Gasteiger charge is 2.22. The number of benzene rings is 1. The van der Waals surface area contributed by atoms with Crippen LogP contribution in [0.25, 0.3) is 0 Å². The van der Waals surface area contributed by atoms with Crippen molar-refractivity contribution >= 4 is 11.6 Å². The molecule has 0 bridgehead atoms. The molecule has 1 aromatic carbocycles. The maximum Gasteiger partial charge on any atom is 0.238 e. The Balaban J connectivity index is 1.77. The minimum absolute atomic E-state index is 0.0147. The number of hydrogen-bond acceptors (Lipinski definition) is 3. The van der Waals surface area contributed by atoms with Gasteiger partial charge in [0.1, 0.15) is 0 Å². The summed E-state index contributed by atoms with van der Waals surface area (Å²) in [6.07, 6.45) is 2.44. The largest absolute Gasteiger partial charge is 0.377 e. The van der Waals surface area contributed by atoms with Crippen LogP contribution in [-0.4, -0.2) is 31.2 Å². The molecule has 2 rings (SSSR count). The molecule has 1 aliphatic rings. The summed E-state index contributed by atoms with van der Waals surface area (Å²) in [5.41, 5.74) is 1.95. The number of amides is 1. The first-order valence-electron chi connectivity index (χ1n) is 6.87. The smallest absolute Gasteiger partial charge is 0.238 e. The van der Waals surface area contributed by atoms with E-state index in [1.54, 1.807) is 0 Å². The van der Waals surface area contributed by atoms with E-state index in [-0.39, 0.29) is 18.1 Å². The van der Waals surface area contributed by atoms with Gasteiger partial charge in [-0.05, 0) is 38.3 Å². The van der Waals surface area contributed by atoms with Gasteiger partial charge in [-0.1, -0.05) is 18.2 Å². The molecular formula is C15H22N2O2. The predicted octanol–water partition coefficient (Wildman–Crippen LogP) is 2.09. The van der Waals surface area contributed by atoms with Crippen LogP contribution in [-0.2, 0) is 9.53 Å². The van der Waals surface area contributed by atoms with Crippen molar-refractivity contribution in [1.82, 2.24) is 5.32 Å². The van der Waals surface area contributed by atoms with Crippen molar-refractivity contribution in [2.75, 3.05) is 18.5 Å². The molecule has 1 amide bonds. The lowest BCUT2D eigenvalue weighted by Gasteiger charge is -2.19. The molecule has 2 N–H and O–H groups in total. The Labute approximate surface area is 114 Å². The van der Waals surface area contributed by atoms with Crippen LogP contribution in [0.15, 0.2) is 24.3 Å². The van der Waals surface area contributed by atoms with Crippen LogP contribution >= 0.6 is 0 Å². The molecular weight excluding hydrogens is 240 g/mol. The average molecular weight is 262 g/mol. The fourth-order valence-corrected chi connectivity index (χ4v) is 2.29. The van der Waals surface area contributed by atoms with Crippen LogP contribution in [0.1, 0.15) is 25.3 Å². The predicted molar refractivity (Wildman–Crippen MR) is 76.2 cm³/mol. The molecule has 1 saturated heterocycles. The van der Waals surface area contributed by atoms with Crippen LogP contribution in [0.2, 0.25) is 0 Å². The van der Waals surface area contributed by atoms with Crippen molar-refractivity contribution in [1.29, 1.82) is 0 Å². The first-order chi connectivity index (χ1) is 9.16. The number of anilines is 1. The highest BCUT2D eigenvalue weighted by Crippen LogP contribution is 2.15. The molecule has 0 saturated carbocycles. The summed E-state index contributed by atoms with van der Waals surface area (Å²) in [5, 5.41) is 6.14. The van der Waals surface area contributed by atoms with Gasteiger partial charge < -0.3 is 15.4 Å². The molecule has 0 aromatic heterocycles. The zero-order valence-electron chi connectivity index (χ0n) is 11.6. The van der Waals surface area contributed by atoms with Crippen molar-refractivity contribution in [3.63, 3.8) is 0 Å². The number of carbonyl (C=O) groups is 1. The maximum atomic E-state index is 11.9. The quantitative estimate of drug-likeness (QED) is 0.854. The fourth-order valence-electron chi connectivity index (χ4n) is 2.29. The minimum Gasteiger partial charge on any atom is -0.377 e. The van der Waals surface area contributed by atoms with E-state index in [2.05, 4.69) is 17.6 Å². The van der Waals surface area contributed by atoms with E-state index in [1.165, 1.54) is 0 Å². The van der Waals surface area contributed by atoms with Crippen LogP contribution in [0.3, 0.4) is 0 Å². The standard InChI is InChI=1S/C15H22N2O2/c1-11-6-3-4-7-13(11)17-15(18)10-16-12(2)14-8-5-9-19-14/h3-4,6-7,12,14,16H,5,8-10H2,1-2H3,(H,17,18). The number of carbonyl (C=O) groups excluding carboxylic acids is 1. The summed E-state index contributed by atoms with van der Waals surface area (Å²) in [7, 11) is 0. The number of ether oxygens (including phenoxy) is 1. The van der Waals surface area contributed by atoms with E-state index in [9.17, 15) is 4.79 Å². The van der Waals surface area contributed by atoms with Gasteiger partial charge in [0, 0.05) is 18.3 Å². The lowest BCUT2D eigenvalue weighted by Crippen LogP contribution is -2.41. The molecule has 2 unspecified atom stereocenters. The van der Waals surface area contributed by atoms with Gasteiger partial charge in [-0.15, -0.1) is 0 Å². The van der Waals surface area contributed by atoms with Gasteiger partial charge in [0.2, 0.25) is 5.91 Å². The van der Waals surface area contributed by atoms with Gasteiger partial charge >= 0.3 is 0 Å². The lowest BCUT2D eigenvalue weighted by molar-refractivity contribution is -0.115. The van der Waals surface area contributed by atoms with Gasteiger partial charge in [0.05, 0.1) is 12.6 Å². The van der Waals surface area contributed by atoms with E-state index in [0.717, 1.165) is 30.7 Å². The molecule has 1 aliphatic heterocycles. The summed E-state index contributed by atoms with van der Waals surface area (Å²) in [6, 6.07) is 7.99. The van der Waals surface area contributed by atoms with Crippen LogP contribution in [0.4, 0.5) is 5.69 Å². The Morgan fingerprint density at radius 2 is 2.26 bits per heavy atom. The third-order valence-electron chi connectivity index (χ3n) is 3.53. The topological polar surface area (TPSA) is 50.4 Å². The summed E-state index contributed by atoms with van der Waals surface area (Å²) in [4.78, 5) is 11.9. The number of aryl methyl sites for hydroxylation is 1. The zero-order chi connectivity index (χ0) is 13.7. The Kier molecular flexibility index (Phi) is 4.93.